The summed E-state index contributed by atoms with van der Waals surface area (Å²) >= 11 is 6.72. The molecule has 2 aliphatic heterocycles. The molecular weight excluding hydrogens is 929 g/mol. The van der Waals surface area contributed by atoms with E-state index in [2.05, 4.69) is 53.3 Å². The number of aromatic hydroxyl groups is 1. The molecule has 2 fully saturated rings. The van der Waals surface area contributed by atoms with E-state index in [9.17, 15) is 14.7 Å². The van der Waals surface area contributed by atoms with Gasteiger partial charge in [-0.15, -0.1) is 22.7 Å². The van der Waals surface area contributed by atoms with Gasteiger partial charge in [0.2, 0.25) is 11.8 Å². The van der Waals surface area contributed by atoms with Crippen LogP contribution in [0.3, 0.4) is 0 Å². The summed E-state index contributed by atoms with van der Waals surface area (Å²) in [5.74, 6) is 2.91. The number of likely N-dealkylation sites (tertiary alicyclic amines) is 1. The summed E-state index contributed by atoms with van der Waals surface area (Å²) in [5.41, 5.74) is 5.99. The number of thiazole rings is 1. The number of ether oxygens (including phenoxy) is 3. The molecule has 0 radical (unpaired) electrons. The number of fused-ring (bicyclic) bond motifs is 1. The molecule has 9 rings (SSSR count). The molecule has 2 N–H and O–H groups in total. The molecule has 13 nitrogen and oxygen atoms in total. The number of piperazine rings is 1. The topological polar surface area (TPSA) is 143 Å². The monoisotopic (exact) mass is 976 g/mol. The largest absolute Gasteiger partial charge is 0.508 e. The molecule has 2 saturated heterocycles. The lowest BCUT2D eigenvalue weighted by atomic mass is 10.1. The summed E-state index contributed by atoms with van der Waals surface area (Å²) in [5, 5.41) is 18.1. The number of rotatable bonds is 17. The highest BCUT2D eigenvalue weighted by molar-refractivity contribution is 9.10. The number of aromatic nitrogens is 2. The van der Waals surface area contributed by atoms with Crippen LogP contribution in [-0.4, -0.2) is 107 Å². The Morgan fingerprint density at radius 2 is 1.54 bits per heavy atom. The van der Waals surface area contributed by atoms with E-state index in [-0.39, 0.29) is 24.0 Å². The van der Waals surface area contributed by atoms with E-state index in [1.54, 1.807) is 45.8 Å². The highest BCUT2D eigenvalue weighted by Crippen LogP contribution is 2.47. The molecule has 2 amide bonds. The minimum atomic E-state index is -0.512. The molecule has 4 aromatic carbocycles. The zero-order valence-electron chi connectivity index (χ0n) is 35.9. The fourth-order valence-corrected chi connectivity index (χ4v) is 10.4. The van der Waals surface area contributed by atoms with Gasteiger partial charge in [0.1, 0.15) is 42.3 Å². The first-order valence-electron chi connectivity index (χ1n) is 21.7. The molecule has 5 heterocycles. The van der Waals surface area contributed by atoms with Crippen molar-refractivity contribution in [3.63, 3.8) is 0 Å². The molecule has 336 valence electrons. The third kappa shape index (κ3) is 11.0. The van der Waals surface area contributed by atoms with Crippen molar-refractivity contribution in [1.29, 1.82) is 0 Å². The van der Waals surface area contributed by atoms with Crippen molar-refractivity contribution in [2.24, 2.45) is 0 Å². The van der Waals surface area contributed by atoms with Gasteiger partial charge in [0, 0.05) is 73.0 Å². The van der Waals surface area contributed by atoms with Crippen molar-refractivity contribution in [2.75, 3.05) is 59.0 Å². The Labute approximate surface area is 393 Å². The Balaban J connectivity index is 0.666. The Hall–Kier alpha value is -5.78. The standard InChI is InChI=1S/C49H49BrN6O7S2/c1-32-47(64-31-52-32)34-6-4-33(5-7-34)30-51-49(59)42-3-2-18-56(42)45(58)29-40-28-44(53-63-40)61-26-24-55-21-19-54(20-22-55)23-25-60-38-13-15-39(16-14-38)62-46-41-17-12-37(57)27-43(41)65-48(46)35-8-10-36(50)11-9-35/h4-17,27-28,31,42,57H,2-3,18-26,29-30H2,1H3,(H,51,59)/t42-/m0/s1. The van der Waals surface area contributed by atoms with Crippen LogP contribution in [0.15, 0.2) is 112 Å². The number of nitrogens with zero attached hydrogens (tertiary/aromatic N) is 5. The fraction of sp³-hybridized carbons (Fsp3) is 0.306. The molecule has 0 spiro atoms. The molecule has 0 saturated carbocycles. The van der Waals surface area contributed by atoms with Gasteiger partial charge in [-0.1, -0.05) is 52.3 Å². The summed E-state index contributed by atoms with van der Waals surface area (Å²) < 4.78 is 25.9. The van der Waals surface area contributed by atoms with Gasteiger partial charge in [0.15, 0.2) is 5.75 Å². The number of hydrogen-bond acceptors (Lipinski definition) is 13. The minimum Gasteiger partial charge on any atom is -0.508 e. The number of phenolic OH excluding ortho intramolecular Hbond substituents is 1. The first-order valence-corrected chi connectivity index (χ1v) is 24.2. The van der Waals surface area contributed by atoms with Gasteiger partial charge in [-0.05, 0) is 96.2 Å². The van der Waals surface area contributed by atoms with Crippen molar-refractivity contribution >= 4 is 60.5 Å². The van der Waals surface area contributed by atoms with E-state index in [0.717, 1.165) is 104 Å². The maximum atomic E-state index is 13.3. The lowest BCUT2D eigenvalue weighted by Crippen LogP contribution is -2.48. The number of aryl methyl sites for hydroxylation is 1. The second-order valence-electron chi connectivity index (χ2n) is 16.1. The molecule has 1 atom stereocenters. The number of carbonyl (C=O) groups excluding carboxylic acids is 2. The van der Waals surface area contributed by atoms with Gasteiger partial charge in [0.25, 0.3) is 5.88 Å². The molecule has 0 bridgehead atoms. The summed E-state index contributed by atoms with van der Waals surface area (Å²) in [6.45, 7) is 9.18. The average Bonchev–Trinajstić information content (AvgIpc) is 4.15. The van der Waals surface area contributed by atoms with Crippen LogP contribution in [0, 0.1) is 6.92 Å². The second-order valence-corrected chi connectivity index (χ2v) is 19.0. The average molecular weight is 978 g/mol. The van der Waals surface area contributed by atoms with Crippen LogP contribution in [0.4, 0.5) is 0 Å². The van der Waals surface area contributed by atoms with Gasteiger partial charge >= 0.3 is 0 Å². The van der Waals surface area contributed by atoms with Crippen LogP contribution in [0.25, 0.3) is 31.0 Å². The lowest BCUT2D eigenvalue weighted by Gasteiger charge is -2.34. The van der Waals surface area contributed by atoms with E-state index in [1.165, 1.54) is 0 Å². The van der Waals surface area contributed by atoms with Gasteiger partial charge in [0.05, 0.1) is 27.4 Å². The fourth-order valence-electron chi connectivity index (χ4n) is 8.18. The zero-order chi connectivity index (χ0) is 44.7. The van der Waals surface area contributed by atoms with Crippen LogP contribution in [-0.2, 0) is 22.6 Å². The van der Waals surface area contributed by atoms with Crippen LogP contribution in [0.1, 0.15) is 29.9 Å². The quantitative estimate of drug-likeness (QED) is 0.0902. The molecule has 16 heteroatoms. The number of nitrogens with one attached hydrogen (secondary N) is 1. The Bertz CT molecular complexity index is 2710. The van der Waals surface area contributed by atoms with Crippen molar-refractivity contribution in [1.82, 2.24) is 30.2 Å². The third-order valence-corrected chi connectivity index (χ3v) is 14.4. The van der Waals surface area contributed by atoms with Crippen LogP contribution in [0.2, 0.25) is 0 Å². The summed E-state index contributed by atoms with van der Waals surface area (Å²) in [6.07, 6.45) is 1.40. The number of carbonyl (C=O) groups is 2. The molecule has 0 unspecified atom stereocenters. The Kier molecular flexibility index (Phi) is 14.1. The van der Waals surface area contributed by atoms with Gasteiger partial charge in [-0.2, -0.15) is 0 Å². The van der Waals surface area contributed by atoms with E-state index in [4.69, 9.17) is 18.7 Å². The summed E-state index contributed by atoms with van der Waals surface area (Å²) in [6, 6.07) is 30.5. The maximum Gasteiger partial charge on any atom is 0.254 e. The van der Waals surface area contributed by atoms with E-state index >= 15 is 0 Å². The van der Waals surface area contributed by atoms with Crippen LogP contribution < -0.4 is 19.5 Å². The van der Waals surface area contributed by atoms with Crippen LogP contribution >= 0.6 is 38.6 Å². The summed E-state index contributed by atoms with van der Waals surface area (Å²) in [7, 11) is 0. The molecule has 65 heavy (non-hydrogen) atoms. The first kappa shape index (κ1) is 44.4. The normalized spacial score (nSPS) is 15.7. The van der Waals surface area contributed by atoms with Crippen molar-refractivity contribution < 1.29 is 33.4 Å². The molecular formula is C49H49BrN6O7S2. The number of hydrogen-bond donors (Lipinski definition) is 2. The Morgan fingerprint density at radius 3 is 2.26 bits per heavy atom. The van der Waals surface area contributed by atoms with Crippen molar-refractivity contribution in [3.8, 4) is 49.8 Å². The first-order chi connectivity index (χ1) is 31.7. The predicted molar refractivity (Wildman–Crippen MR) is 256 cm³/mol. The number of amides is 2. The SMILES string of the molecule is Cc1ncsc1-c1ccc(CNC(=O)[C@@H]2CCCN2C(=O)Cc2cc(OCCN3CCN(CCOc4ccc(Oc5c(-c6ccc(Br)cc6)sc6cc(O)ccc56)cc4)CC3)no2)cc1. The molecule has 0 aliphatic carbocycles. The van der Waals surface area contributed by atoms with Crippen molar-refractivity contribution in [3.05, 3.63) is 124 Å². The smallest absolute Gasteiger partial charge is 0.254 e. The highest BCUT2D eigenvalue weighted by atomic mass is 79.9. The lowest BCUT2D eigenvalue weighted by molar-refractivity contribution is -0.138. The Morgan fingerprint density at radius 1 is 0.846 bits per heavy atom. The van der Waals surface area contributed by atoms with Crippen LogP contribution in [0.5, 0.6) is 28.9 Å². The van der Waals surface area contributed by atoms with Gasteiger partial charge in [-0.25, -0.2) is 4.98 Å². The number of halogens is 1. The maximum absolute atomic E-state index is 13.3. The molecule has 7 aromatic rings. The molecule has 3 aromatic heterocycles. The van der Waals surface area contributed by atoms with Gasteiger partial charge < -0.3 is 34.1 Å². The second kappa shape index (κ2) is 20.6. The number of phenols is 1. The van der Waals surface area contributed by atoms with E-state index < -0.39 is 6.04 Å². The highest BCUT2D eigenvalue weighted by Gasteiger charge is 2.34. The van der Waals surface area contributed by atoms with E-state index in [1.807, 2.05) is 79.2 Å². The van der Waals surface area contributed by atoms with Crippen molar-refractivity contribution in [2.45, 2.75) is 38.8 Å². The predicted octanol–water partition coefficient (Wildman–Crippen LogP) is 9.17. The van der Waals surface area contributed by atoms with E-state index in [0.29, 0.717) is 50.1 Å². The summed E-state index contributed by atoms with van der Waals surface area (Å²) in [4.78, 5) is 39.4. The van der Waals surface area contributed by atoms with Gasteiger partial charge in [-0.3, -0.25) is 19.4 Å². The number of benzene rings is 4. The third-order valence-electron chi connectivity index (χ3n) is 11.7. The number of thiophene rings is 1. The minimum absolute atomic E-state index is 0.0130. The molecule has 2 aliphatic rings. The zero-order valence-corrected chi connectivity index (χ0v) is 39.1.